The summed E-state index contributed by atoms with van der Waals surface area (Å²) in [6.45, 7) is 1.49. The van der Waals surface area contributed by atoms with Gasteiger partial charge in [0.1, 0.15) is 6.04 Å². The van der Waals surface area contributed by atoms with Crippen molar-refractivity contribution in [3.63, 3.8) is 0 Å². The lowest BCUT2D eigenvalue weighted by atomic mass is 10.2. The van der Waals surface area contributed by atoms with E-state index in [9.17, 15) is 9.90 Å². The number of carboxylic acids is 1. The van der Waals surface area contributed by atoms with Gasteiger partial charge in [0, 0.05) is 23.3 Å². The number of hydrogen-bond donors (Lipinski definition) is 1. The molecule has 1 aliphatic rings. The van der Waals surface area contributed by atoms with Crippen molar-refractivity contribution >= 4 is 16.9 Å². The van der Waals surface area contributed by atoms with E-state index in [2.05, 4.69) is 39.8 Å². The Balaban J connectivity index is 1.79. The van der Waals surface area contributed by atoms with Crippen molar-refractivity contribution in [3.05, 3.63) is 66.4 Å². The monoisotopic (exact) mass is 320 g/mol. The van der Waals surface area contributed by atoms with Crippen LogP contribution in [-0.2, 0) is 11.3 Å². The molecule has 0 amide bonds. The van der Waals surface area contributed by atoms with Crippen LogP contribution in [0.1, 0.15) is 18.5 Å². The predicted molar refractivity (Wildman–Crippen MR) is 94.3 cm³/mol. The Morgan fingerprint density at radius 1 is 1.08 bits per heavy atom. The zero-order chi connectivity index (χ0) is 16.5. The van der Waals surface area contributed by atoms with Gasteiger partial charge >= 0.3 is 5.97 Å². The van der Waals surface area contributed by atoms with Crippen molar-refractivity contribution in [1.82, 2.24) is 9.47 Å². The van der Waals surface area contributed by atoms with Crippen molar-refractivity contribution < 1.29 is 9.90 Å². The number of hydrogen-bond acceptors (Lipinski definition) is 2. The van der Waals surface area contributed by atoms with Gasteiger partial charge in [-0.1, -0.05) is 36.4 Å². The van der Waals surface area contributed by atoms with Crippen LogP contribution in [0.4, 0.5) is 0 Å². The lowest BCUT2D eigenvalue weighted by Crippen LogP contribution is -2.35. The van der Waals surface area contributed by atoms with Crippen LogP contribution < -0.4 is 0 Å². The quantitative estimate of drug-likeness (QED) is 0.797. The van der Waals surface area contributed by atoms with Crippen LogP contribution >= 0.6 is 0 Å². The van der Waals surface area contributed by atoms with Gasteiger partial charge in [0.15, 0.2) is 0 Å². The molecule has 0 saturated carbocycles. The topological polar surface area (TPSA) is 45.5 Å². The number of carbonyl (C=O) groups is 1. The van der Waals surface area contributed by atoms with E-state index in [-0.39, 0.29) is 6.04 Å². The Hall–Kier alpha value is -2.59. The van der Waals surface area contributed by atoms with Crippen LogP contribution in [0.2, 0.25) is 0 Å². The molecule has 1 aliphatic heterocycles. The summed E-state index contributed by atoms with van der Waals surface area (Å²) in [6.07, 6.45) is 1.68. The lowest BCUT2D eigenvalue weighted by molar-refractivity contribution is -0.142. The zero-order valence-electron chi connectivity index (χ0n) is 13.4. The maximum atomic E-state index is 11.5. The molecular formula is C20H20N2O2. The molecule has 4 rings (SSSR count). The smallest absolute Gasteiger partial charge is 0.320 e. The van der Waals surface area contributed by atoms with E-state index < -0.39 is 5.97 Å². The molecule has 0 unspecified atom stereocenters. The maximum absolute atomic E-state index is 11.5. The number of aromatic nitrogens is 1. The van der Waals surface area contributed by atoms with E-state index >= 15 is 0 Å². The Labute approximate surface area is 140 Å². The largest absolute Gasteiger partial charge is 0.480 e. The molecule has 1 N–H and O–H groups in total. The summed E-state index contributed by atoms with van der Waals surface area (Å²) in [6, 6.07) is 20.4. The second-order valence-corrected chi connectivity index (χ2v) is 6.33. The van der Waals surface area contributed by atoms with E-state index in [4.69, 9.17) is 0 Å². The van der Waals surface area contributed by atoms with E-state index in [1.54, 1.807) is 0 Å². The molecule has 1 saturated heterocycles. The summed E-state index contributed by atoms with van der Waals surface area (Å²) in [4.78, 5) is 13.6. The van der Waals surface area contributed by atoms with Gasteiger partial charge in [-0.3, -0.25) is 9.69 Å². The summed E-state index contributed by atoms with van der Waals surface area (Å²) in [5.74, 6) is -0.713. The van der Waals surface area contributed by atoms with E-state index in [0.717, 1.165) is 36.3 Å². The van der Waals surface area contributed by atoms with Crippen molar-refractivity contribution in [2.75, 3.05) is 6.54 Å². The summed E-state index contributed by atoms with van der Waals surface area (Å²) in [5.41, 5.74) is 3.40. The van der Waals surface area contributed by atoms with Gasteiger partial charge in [0.25, 0.3) is 0 Å². The second-order valence-electron chi connectivity index (χ2n) is 6.33. The van der Waals surface area contributed by atoms with Gasteiger partial charge in [-0.05, 0) is 43.7 Å². The highest BCUT2D eigenvalue weighted by atomic mass is 16.4. The second kappa shape index (κ2) is 6.13. The SMILES string of the molecule is O=C(O)[C@@H]1CCCN1Cc1cc2ccccc2n1-c1ccccc1. The van der Waals surface area contributed by atoms with Crippen molar-refractivity contribution in [1.29, 1.82) is 0 Å². The minimum atomic E-state index is -0.713. The minimum absolute atomic E-state index is 0.368. The summed E-state index contributed by atoms with van der Waals surface area (Å²) in [7, 11) is 0. The highest BCUT2D eigenvalue weighted by Crippen LogP contribution is 2.27. The zero-order valence-corrected chi connectivity index (χ0v) is 13.4. The van der Waals surface area contributed by atoms with Gasteiger partial charge < -0.3 is 9.67 Å². The number of nitrogens with zero attached hydrogens (tertiary/aromatic N) is 2. The molecule has 2 heterocycles. The third kappa shape index (κ3) is 2.59. The van der Waals surface area contributed by atoms with E-state index in [1.807, 2.05) is 30.3 Å². The average molecular weight is 320 g/mol. The van der Waals surface area contributed by atoms with Gasteiger partial charge in [0.2, 0.25) is 0 Å². The Morgan fingerprint density at radius 3 is 2.62 bits per heavy atom. The van der Waals surface area contributed by atoms with Crippen molar-refractivity contribution in [2.45, 2.75) is 25.4 Å². The van der Waals surface area contributed by atoms with Crippen LogP contribution in [0.25, 0.3) is 16.6 Å². The number of para-hydroxylation sites is 2. The first-order valence-corrected chi connectivity index (χ1v) is 8.36. The fourth-order valence-corrected chi connectivity index (χ4v) is 3.71. The van der Waals surface area contributed by atoms with Gasteiger partial charge in [-0.2, -0.15) is 0 Å². The van der Waals surface area contributed by atoms with Crippen LogP contribution in [0.3, 0.4) is 0 Å². The van der Waals surface area contributed by atoms with Gasteiger partial charge in [0.05, 0.1) is 5.52 Å². The van der Waals surface area contributed by atoms with Crippen LogP contribution in [0, 0.1) is 0 Å². The molecule has 1 fully saturated rings. The highest BCUT2D eigenvalue weighted by molar-refractivity contribution is 5.83. The Bertz CT molecular complexity index is 870. The molecule has 3 aromatic rings. The van der Waals surface area contributed by atoms with Crippen LogP contribution in [-0.4, -0.2) is 33.1 Å². The van der Waals surface area contributed by atoms with Gasteiger partial charge in [-0.15, -0.1) is 0 Å². The number of likely N-dealkylation sites (tertiary alicyclic amines) is 1. The number of rotatable bonds is 4. The first-order chi connectivity index (χ1) is 11.7. The molecule has 4 heteroatoms. The number of benzene rings is 2. The first-order valence-electron chi connectivity index (χ1n) is 8.36. The molecule has 1 aromatic heterocycles. The number of fused-ring (bicyclic) bond motifs is 1. The third-order valence-corrected chi connectivity index (χ3v) is 4.82. The molecule has 4 nitrogen and oxygen atoms in total. The van der Waals surface area contributed by atoms with E-state index in [0.29, 0.717) is 6.54 Å². The van der Waals surface area contributed by atoms with Crippen LogP contribution in [0.5, 0.6) is 0 Å². The number of aliphatic carboxylic acids is 1. The molecule has 0 radical (unpaired) electrons. The molecule has 0 spiro atoms. The molecule has 1 atom stereocenters. The Morgan fingerprint density at radius 2 is 1.83 bits per heavy atom. The minimum Gasteiger partial charge on any atom is -0.480 e. The molecule has 0 aliphatic carbocycles. The van der Waals surface area contributed by atoms with Gasteiger partial charge in [-0.25, -0.2) is 0 Å². The maximum Gasteiger partial charge on any atom is 0.320 e. The molecule has 122 valence electrons. The highest BCUT2D eigenvalue weighted by Gasteiger charge is 2.31. The summed E-state index contributed by atoms with van der Waals surface area (Å²) in [5, 5.41) is 10.6. The fourth-order valence-electron chi connectivity index (χ4n) is 3.71. The van der Waals surface area contributed by atoms with E-state index in [1.165, 1.54) is 5.39 Å². The Kier molecular flexibility index (Phi) is 3.82. The number of carboxylic acid groups (broad SMARTS) is 1. The predicted octanol–water partition coefficient (Wildman–Crippen LogP) is 3.68. The van der Waals surface area contributed by atoms with Crippen molar-refractivity contribution in [3.8, 4) is 5.69 Å². The molecule has 0 bridgehead atoms. The molecule has 24 heavy (non-hydrogen) atoms. The summed E-state index contributed by atoms with van der Waals surface area (Å²) < 4.78 is 2.24. The molecule has 2 aromatic carbocycles. The standard InChI is InChI=1S/C20H20N2O2/c23-20(24)19-11-6-12-21(19)14-17-13-15-7-4-5-10-18(15)22(17)16-8-2-1-3-9-16/h1-5,7-10,13,19H,6,11-12,14H2,(H,23,24)/t19-/m0/s1. The van der Waals surface area contributed by atoms with Crippen molar-refractivity contribution in [2.24, 2.45) is 0 Å². The third-order valence-electron chi connectivity index (χ3n) is 4.82. The summed E-state index contributed by atoms with van der Waals surface area (Å²) >= 11 is 0. The average Bonchev–Trinajstić information content (AvgIpc) is 3.20. The fraction of sp³-hybridized carbons (Fsp3) is 0.250. The molecular weight excluding hydrogens is 300 g/mol. The van der Waals surface area contributed by atoms with Crippen LogP contribution in [0.15, 0.2) is 60.7 Å². The normalized spacial score (nSPS) is 18.2. The lowest BCUT2D eigenvalue weighted by Gasteiger charge is -2.22. The first kappa shape index (κ1) is 15.0.